The molecule has 21 heavy (non-hydrogen) atoms. The Labute approximate surface area is 134 Å². The molecule has 0 amide bonds. The molecule has 0 bridgehead atoms. The standard InChI is InChI=1S/C14H17ClN2O2S2/c1-9-3-4-13(20-9)8-17-21(18,19)14-6-12(15)5-11(7-16)10(14)2/h3-6,17H,7-8,16H2,1-2H3. The van der Waals surface area contributed by atoms with Crippen LogP contribution in [0, 0.1) is 13.8 Å². The lowest BCUT2D eigenvalue weighted by atomic mass is 10.1. The van der Waals surface area contributed by atoms with E-state index in [9.17, 15) is 8.42 Å². The Morgan fingerprint density at radius 1 is 1.29 bits per heavy atom. The van der Waals surface area contributed by atoms with Crippen LogP contribution in [-0.2, 0) is 23.1 Å². The molecule has 1 aromatic carbocycles. The van der Waals surface area contributed by atoms with Gasteiger partial charge in [0.25, 0.3) is 0 Å². The highest BCUT2D eigenvalue weighted by Gasteiger charge is 2.19. The monoisotopic (exact) mass is 344 g/mol. The Morgan fingerprint density at radius 2 is 2.00 bits per heavy atom. The summed E-state index contributed by atoms with van der Waals surface area (Å²) in [6.45, 7) is 4.24. The van der Waals surface area contributed by atoms with Crippen molar-refractivity contribution in [1.82, 2.24) is 4.72 Å². The van der Waals surface area contributed by atoms with Crippen LogP contribution in [0.4, 0.5) is 0 Å². The smallest absolute Gasteiger partial charge is 0.241 e. The van der Waals surface area contributed by atoms with E-state index >= 15 is 0 Å². The van der Waals surface area contributed by atoms with Crippen LogP contribution >= 0.6 is 22.9 Å². The molecule has 1 aromatic heterocycles. The Morgan fingerprint density at radius 3 is 2.57 bits per heavy atom. The van der Waals surface area contributed by atoms with Crippen molar-refractivity contribution in [3.63, 3.8) is 0 Å². The van der Waals surface area contributed by atoms with E-state index in [1.54, 1.807) is 24.3 Å². The maximum absolute atomic E-state index is 12.4. The van der Waals surface area contributed by atoms with Crippen molar-refractivity contribution in [2.75, 3.05) is 0 Å². The molecule has 0 saturated heterocycles. The highest BCUT2D eigenvalue weighted by Crippen LogP contribution is 2.24. The molecule has 0 saturated carbocycles. The summed E-state index contributed by atoms with van der Waals surface area (Å²) in [4.78, 5) is 2.30. The van der Waals surface area contributed by atoms with E-state index in [0.29, 0.717) is 10.6 Å². The number of hydrogen-bond acceptors (Lipinski definition) is 4. The average molecular weight is 345 g/mol. The van der Waals surface area contributed by atoms with Crippen LogP contribution in [0.15, 0.2) is 29.2 Å². The van der Waals surface area contributed by atoms with Crippen molar-refractivity contribution in [1.29, 1.82) is 0 Å². The zero-order valence-electron chi connectivity index (χ0n) is 11.8. The number of aryl methyl sites for hydroxylation is 1. The lowest BCUT2D eigenvalue weighted by molar-refractivity contribution is 0.581. The molecule has 2 rings (SSSR count). The third-order valence-corrected chi connectivity index (χ3v) is 5.92. The summed E-state index contributed by atoms with van der Waals surface area (Å²) in [6.07, 6.45) is 0. The van der Waals surface area contributed by atoms with Crippen LogP contribution in [0.1, 0.15) is 20.9 Å². The van der Waals surface area contributed by atoms with Gasteiger partial charge in [-0.2, -0.15) is 0 Å². The summed E-state index contributed by atoms with van der Waals surface area (Å²) < 4.78 is 27.5. The minimum absolute atomic E-state index is 0.184. The number of sulfonamides is 1. The molecule has 1 heterocycles. The Bertz CT molecular complexity index is 754. The van der Waals surface area contributed by atoms with Crippen LogP contribution in [-0.4, -0.2) is 8.42 Å². The van der Waals surface area contributed by atoms with E-state index in [0.717, 1.165) is 15.3 Å². The molecule has 2 aromatic rings. The lowest BCUT2D eigenvalue weighted by Gasteiger charge is -2.12. The molecule has 3 N–H and O–H groups in total. The van der Waals surface area contributed by atoms with Crippen LogP contribution in [0.2, 0.25) is 5.02 Å². The summed E-state index contributed by atoms with van der Waals surface area (Å²) in [5.41, 5.74) is 6.99. The van der Waals surface area contributed by atoms with Gasteiger partial charge in [0.2, 0.25) is 10.0 Å². The van der Waals surface area contributed by atoms with E-state index in [1.807, 2.05) is 19.1 Å². The summed E-state index contributed by atoms with van der Waals surface area (Å²) >= 11 is 7.55. The first-order chi connectivity index (χ1) is 9.83. The van der Waals surface area contributed by atoms with E-state index in [4.69, 9.17) is 17.3 Å². The molecular weight excluding hydrogens is 328 g/mol. The second-order valence-corrected chi connectivity index (χ2v) is 8.27. The van der Waals surface area contributed by atoms with Gasteiger partial charge < -0.3 is 5.73 Å². The van der Waals surface area contributed by atoms with Crippen molar-refractivity contribution in [2.45, 2.75) is 31.8 Å². The van der Waals surface area contributed by atoms with E-state index in [2.05, 4.69) is 4.72 Å². The fraction of sp³-hybridized carbons (Fsp3) is 0.286. The van der Waals surface area contributed by atoms with Crippen LogP contribution < -0.4 is 10.5 Å². The molecule has 0 spiro atoms. The maximum Gasteiger partial charge on any atom is 0.241 e. The van der Waals surface area contributed by atoms with Crippen molar-refractivity contribution < 1.29 is 8.42 Å². The first kappa shape index (κ1) is 16.5. The second-order valence-electron chi connectivity index (χ2n) is 4.73. The van der Waals surface area contributed by atoms with Gasteiger partial charge in [-0.15, -0.1) is 11.3 Å². The van der Waals surface area contributed by atoms with Crippen molar-refractivity contribution in [3.8, 4) is 0 Å². The third-order valence-electron chi connectivity index (χ3n) is 3.17. The molecule has 0 radical (unpaired) electrons. The summed E-state index contributed by atoms with van der Waals surface area (Å²) in [6, 6.07) is 7.03. The fourth-order valence-electron chi connectivity index (χ4n) is 2.02. The topological polar surface area (TPSA) is 72.2 Å². The van der Waals surface area contributed by atoms with Gasteiger partial charge in [0.05, 0.1) is 4.90 Å². The van der Waals surface area contributed by atoms with Crippen molar-refractivity contribution >= 4 is 33.0 Å². The number of hydrogen-bond donors (Lipinski definition) is 2. The molecule has 0 atom stereocenters. The number of nitrogens with one attached hydrogen (secondary N) is 1. The Hall–Kier alpha value is -0.920. The zero-order chi connectivity index (χ0) is 15.6. The van der Waals surface area contributed by atoms with Gasteiger partial charge >= 0.3 is 0 Å². The number of rotatable bonds is 5. The minimum atomic E-state index is -3.62. The predicted molar refractivity (Wildman–Crippen MR) is 87.2 cm³/mol. The van der Waals surface area contributed by atoms with Gasteiger partial charge in [-0.05, 0) is 49.2 Å². The second kappa shape index (κ2) is 6.46. The van der Waals surface area contributed by atoms with E-state index in [-0.39, 0.29) is 18.0 Å². The largest absolute Gasteiger partial charge is 0.326 e. The predicted octanol–water partition coefficient (Wildman–Crippen LogP) is 2.96. The number of nitrogens with two attached hydrogens (primary N) is 1. The normalized spacial score (nSPS) is 11.8. The van der Waals surface area contributed by atoms with Gasteiger partial charge in [-0.3, -0.25) is 0 Å². The van der Waals surface area contributed by atoms with Crippen molar-refractivity contribution in [2.24, 2.45) is 5.73 Å². The molecule has 0 fully saturated rings. The van der Waals surface area contributed by atoms with Gasteiger partial charge in [-0.1, -0.05) is 11.6 Å². The lowest BCUT2D eigenvalue weighted by Crippen LogP contribution is -2.24. The van der Waals surface area contributed by atoms with Crippen LogP contribution in [0.25, 0.3) is 0 Å². The SMILES string of the molecule is Cc1ccc(CNS(=O)(=O)c2cc(Cl)cc(CN)c2C)s1. The molecule has 0 aliphatic carbocycles. The number of halogens is 1. The summed E-state index contributed by atoms with van der Waals surface area (Å²) in [5.74, 6) is 0. The molecule has 0 aliphatic rings. The van der Waals surface area contributed by atoms with Crippen LogP contribution in [0.3, 0.4) is 0 Å². The molecule has 7 heteroatoms. The third kappa shape index (κ3) is 3.84. The van der Waals surface area contributed by atoms with Crippen LogP contribution in [0.5, 0.6) is 0 Å². The Balaban J connectivity index is 2.29. The van der Waals surface area contributed by atoms with Gasteiger partial charge in [0.15, 0.2) is 0 Å². The first-order valence-corrected chi connectivity index (χ1v) is 9.05. The fourth-order valence-corrected chi connectivity index (χ4v) is 4.57. The zero-order valence-corrected chi connectivity index (χ0v) is 14.2. The highest BCUT2D eigenvalue weighted by atomic mass is 35.5. The van der Waals surface area contributed by atoms with Gasteiger partial charge in [0, 0.05) is 27.9 Å². The minimum Gasteiger partial charge on any atom is -0.326 e. The number of thiophene rings is 1. The number of benzene rings is 1. The van der Waals surface area contributed by atoms with Gasteiger partial charge in [0.1, 0.15) is 0 Å². The van der Waals surface area contributed by atoms with E-state index in [1.165, 1.54) is 6.07 Å². The molecule has 0 unspecified atom stereocenters. The first-order valence-electron chi connectivity index (χ1n) is 6.37. The average Bonchev–Trinajstić information content (AvgIpc) is 2.84. The Kier molecular flexibility index (Phi) is 5.06. The van der Waals surface area contributed by atoms with Gasteiger partial charge in [-0.25, -0.2) is 13.1 Å². The van der Waals surface area contributed by atoms with Crippen molar-refractivity contribution in [3.05, 3.63) is 50.2 Å². The summed E-state index contributed by atoms with van der Waals surface area (Å²) in [5, 5.41) is 0.369. The summed E-state index contributed by atoms with van der Waals surface area (Å²) in [7, 11) is -3.62. The maximum atomic E-state index is 12.4. The molecule has 114 valence electrons. The molecule has 4 nitrogen and oxygen atoms in total. The molecule has 0 aliphatic heterocycles. The van der Waals surface area contributed by atoms with E-state index < -0.39 is 10.0 Å². The quantitative estimate of drug-likeness (QED) is 0.875. The molecular formula is C14H17ClN2O2S2. The highest BCUT2D eigenvalue weighted by molar-refractivity contribution is 7.89.